The number of benzene rings is 3. The first kappa shape index (κ1) is 22.2. The monoisotopic (exact) mass is 482 g/mol. The molecule has 0 amide bonds. The van der Waals surface area contributed by atoms with Crippen LogP contribution in [0.25, 0.3) is 21.8 Å². The lowest BCUT2D eigenvalue weighted by Crippen LogP contribution is -2.24. The summed E-state index contributed by atoms with van der Waals surface area (Å²) in [6.45, 7) is 0.447. The predicted octanol–water partition coefficient (Wildman–Crippen LogP) is 5.96. The highest BCUT2D eigenvalue weighted by molar-refractivity contribution is 7.98. The maximum atomic E-state index is 13.1. The highest BCUT2D eigenvalue weighted by Gasteiger charge is 2.42. The lowest BCUT2D eigenvalue weighted by Gasteiger charge is -2.18. The highest BCUT2D eigenvalue weighted by atomic mass is 32.2. The smallest absolute Gasteiger partial charge is 0.340 e. The van der Waals surface area contributed by atoms with Crippen LogP contribution in [0.5, 0.6) is 0 Å². The molecule has 1 aliphatic rings. The fourth-order valence-corrected chi connectivity index (χ4v) is 4.68. The molecule has 0 saturated heterocycles. The number of thioether (sulfide) groups is 1. The Bertz CT molecular complexity index is 1490. The number of rotatable bonds is 4. The van der Waals surface area contributed by atoms with Crippen molar-refractivity contribution in [3.05, 3.63) is 77.4 Å². The molecule has 9 heteroatoms. The van der Waals surface area contributed by atoms with Crippen LogP contribution in [0.1, 0.15) is 27.9 Å². The first-order chi connectivity index (χ1) is 16.3. The van der Waals surface area contributed by atoms with Gasteiger partial charge in [-0.25, -0.2) is 4.79 Å². The van der Waals surface area contributed by atoms with Crippen LogP contribution in [-0.2, 0) is 16.2 Å². The van der Waals surface area contributed by atoms with Gasteiger partial charge in [-0.1, -0.05) is 23.4 Å². The number of nitrogens with zero attached hydrogens (tertiary/aromatic N) is 2. The number of aromatic nitrogens is 1. The molecule has 0 spiro atoms. The SMILES string of the molecule is CSc1ccc(C(=O)c2ccc3c(c2)c2cccc4c2n3CC/C4=N\OC(=O)C(F)(F)F)cc1. The summed E-state index contributed by atoms with van der Waals surface area (Å²) in [5.74, 6) is -2.45. The van der Waals surface area contributed by atoms with Crippen LogP contribution in [-0.4, -0.2) is 34.5 Å². The number of carbonyl (C=O) groups is 2. The Morgan fingerprint density at radius 3 is 2.44 bits per heavy atom. The summed E-state index contributed by atoms with van der Waals surface area (Å²) < 4.78 is 39.5. The zero-order chi connectivity index (χ0) is 24.0. The van der Waals surface area contributed by atoms with Crippen molar-refractivity contribution in [3.63, 3.8) is 0 Å². The summed E-state index contributed by atoms with van der Waals surface area (Å²) in [5.41, 5.74) is 3.68. The minimum atomic E-state index is -5.11. The molecule has 1 aromatic heterocycles. The third-order valence-electron chi connectivity index (χ3n) is 5.85. The van der Waals surface area contributed by atoms with E-state index in [0.29, 0.717) is 29.7 Å². The molecule has 0 aliphatic carbocycles. The van der Waals surface area contributed by atoms with Gasteiger partial charge in [-0.2, -0.15) is 13.2 Å². The second-order valence-corrected chi connectivity index (χ2v) is 8.69. The molecule has 5 rings (SSSR count). The molecular weight excluding hydrogens is 465 g/mol. The molecule has 0 bridgehead atoms. The molecule has 0 fully saturated rings. The summed E-state index contributed by atoms with van der Waals surface area (Å²) in [7, 11) is 0. The van der Waals surface area contributed by atoms with Crippen LogP contribution in [0.2, 0.25) is 0 Å². The molecule has 0 radical (unpaired) electrons. The molecular formula is C25H17F3N2O3S. The van der Waals surface area contributed by atoms with Crippen LogP contribution in [0.4, 0.5) is 13.2 Å². The van der Waals surface area contributed by atoms with E-state index in [9.17, 15) is 22.8 Å². The summed E-state index contributed by atoms with van der Waals surface area (Å²) >= 11 is 1.60. The van der Waals surface area contributed by atoms with Gasteiger partial charge in [-0.3, -0.25) is 4.79 Å². The van der Waals surface area contributed by atoms with E-state index < -0.39 is 12.1 Å². The average Bonchev–Trinajstić information content (AvgIpc) is 3.17. The fraction of sp³-hybridized carbons (Fsp3) is 0.160. The fourth-order valence-electron chi connectivity index (χ4n) is 4.27. The van der Waals surface area contributed by atoms with E-state index in [1.165, 1.54) is 0 Å². The van der Waals surface area contributed by atoms with Crippen molar-refractivity contribution in [2.75, 3.05) is 6.26 Å². The number of halogens is 3. The highest BCUT2D eigenvalue weighted by Crippen LogP contribution is 2.36. The number of oxime groups is 1. The van der Waals surface area contributed by atoms with Crippen molar-refractivity contribution >= 4 is 51.0 Å². The summed E-state index contributed by atoms with van der Waals surface area (Å²) in [5, 5.41) is 5.22. The first-order valence-electron chi connectivity index (χ1n) is 10.4. The number of aryl methyl sites for hydroxylation is 1. The lowest BCUT2D eigenvalue weighted by molar-refractivity contribution is -0.199. The maximum absolute atomic E-state index is 13.1. The Balaban J connectivity index is 1.57. The van der Waals surface area contributed by atoms with E-state index in [1.807, 2.05) is 41.2 Å². The Labute approximate surface area is 196 Å². The third-order valence-corrected chi connectivity index (χ3v) is 6.59. The van der Waals surface area contributed by atoms with Gasteiger partial charge in [-0.15, -0.1) is 11.8 Å². The molecule has 0 unspecified atom stereocenters. The van der Waals surface area contributed by atoms with E-state index in [4.69, 9.17) is 0 Å². The Hall–Kier alpha value is -3.59. The van der Waals surface area contributed by atoms with Crippen LogP contribution < -0.4 is 0 Å². The number of alkyl halides is 3. The van der Waals surface area contributed by atoms with Crippen LogP contribution >= 0.6 is 11.8 Å². The molecule has 0 N–H and O–H groups in total. The van der Waals surface area contributed by atoms with Gasteiger partial charge in [0.2, 0.25) is 0 Å². The molecule has 0 saturated carbocycles. The Morgan fingerprint density at radius 2 is 1.74 bits per heavy atom. The quantitative estimate of drug-likeness (QED) is 0.156. The number of hydrogen-bond donors (Lipinski definition) is 0. The van der Waals surface area contributed by atoms with Crippen molar-refractivity contribution in [1.29, 1.82) is 0 Å². The minimum Gasteiger partial charge on any atom is -0.340 e. The van der Waals surface area contributed by atoms with Gasteiger partial charge in [0.25, 0.3) is 0 Å². The van der Waals surface area contributed by atoms with E-state index in [-0.39, 0.29) is 11.5 Å². The van der Waals surface area contributed by atoms with E-state index in [2.05, 4.69) is 9.99 Å². The van der Waals surface area contributed by atoms with Gasteiger partial charge in [-0.05, 0) is 48.7 Å². The summed E-state index contributed by atoms with van der Waals surface area (Å²) in [6.07, 6.45) is -2.85. The maximum Gasteiger partial charge on any atom is 0.493 e. The van der Waals surface area contributed by atoms with Gasteiger partial charge in [0, 0.05) is 50.8 Å². The second-order valence-electron chi connectivity index (χ2n) is 7.81. The normalized spacial score (nSPS) is 14.6. The summed E-state index contributed by atoms with van der Waals surface area (Å²) in [6, 6.07) is 18.3. The zero-order valence-corrected chi connectivity index (χ0v) is 18.7. The number of ketones is 1. The largest absolute Gasteiger partial charge is 0.493 e. The van der Waals surface area contributed by atoms with Crippen molar-refractivity contribution in [1.82, 2.24) is 4.57 Å². The average molecular weight is 482 g/mol. The van der Waals surface area contributed by atoms with Gasteiger partial charge < -0.3 is 9.40 Å². The van der Waals surface area contributed by atoms with Gasteiger partial charge in [0.15, 0.2) is 5.78 Å². The van der Waals surface area contributed by atoms with Crippen LogP contribution in [0, 0.1) is 0 Å². The minimum absolute atomic E-state index is 0.0946. The van der Waals surface area contributed by atoms with Gasteiger partial charge >= 0.3 is 12.1 Å². The molecule has 5 nitrogen and oxygen atoms in total. The molecule has 0 atom stereocenters. The van der Waals surface area contributed by atoms with Crippen molar-refractivity contribution in [2.45, 2.75) is 24.0 Å². The van der Waals surface area contributed by atoms with Gasteiger partial charge in [0.05, 0.1) is 11.2 Å². The zero-order valence-electron chi connectivity index (χ0n) is 17.8. The third kappa shape index (κ3) is 3.75. The van der Waals surface area contributed by atoms with Crippen molar-refractivity contribution in [3.8, 4) is 0 Å². The van der Waals surface area contributed by atoms with E-state index in [0.717, 1.165) is 26.7 Å². The summed E-state index contributed by atoms with van der Waals surface area (Å²) in [4.78, 5) is 29.4. The number of hydrogen-bond acceptors (Lipinski definition) is 5. The molecule has 3 aromatic carbocycles. The van der Waals surface area contributed by atoms with Crippen LogP contribution in [0.3, 0.4) is 0 Å². The van der Waals surface area contributed by atoms with Crippen LogP contribution in [0.15, 0.2) is 70.7 Å². The molecule has 172 valence electrons. The molecule has 34 heavy (non-hydrogen) atoms. The second kappa shape index (κ2) is 8.32. The van der Waals surface area contributed by atoms with Crippen molar-refractivity contribution in [2.24, 2.45) is 5.16 Å². The Morgan fingerprint density at radius 1 is 1.00 bits per heavy atom. The lowest BCUT2D eigenvalue weighted by atomic mass is 9.99. The van der Waals surface area contributed by atoms with Gasteiger partial charge in [0.1, 0.15) is 0 Å². The van der Waals surface area contributed by atoms with E-state index >= 15 is 0 Å². The predicted molar refractivity (Wildman–Crippen MR) is 124 cm³/mol. The first-order valence-corrected chi connectivity index (χ1v) is 11.6. The standard InChI is InChI=1S/C25H17F3N2O3S/c1-34-16-8-5-14(6-9-16)23(31)15-7-10-21-19(13-15)17-3-2-4-18-20(11-12-30(21)22(17)18)29-33-24(32)25(26,27)28/h2-10,13H,11-12H2,1H3/b29-20+. The Kier molecular flexibility index (Phi) is 5.44. The number of carbonyl (C=O) groups excluding carboxylic acids is 2. The molecule has 1 aliphatic heterocycles. The molecule has 4 aromatic rings. The van der Waals surface area contributed by atoms with Crippen molar-refractivity contribution < 1.29 is 27.6 Å². The number of fused-ring (bicyclic) bond motifs is 3. The number of para-hydroxylation sites is 1. The topological polar surface area (TPSA) is 60.7 Å². The molecule has 2 heterocycles. The van der Waals surface area contributed by atoms with E-state index in [1.54, 1.807) is 42.1 Å².